The molecule has 1 aromatic rings. The van der Waals surface area contributed by atoms with Gasteiger partial charge in [-0.1, -0.05) is 0 Å². The summed E-state index contributed by atoms with van der Waals surface area (Å²) in [4.78, 5) is 6.31. The van der Waals surface area contributed by atoms with Gasteiger partial charge in [-0.05, 0) is 19.1 Å². The van der Waals surface area contributed by atoms with Crippen LogP contribution in [0.3, 0.4) is 0 Å². The maximum absolute atomic E-state index is 4.27. The summed E-state index contributed by atoms with van der Waals surface area (Å²) in [7, 11) is 2.00. The van der Waals surface area contributed by atoms with Crippen LogP contribution in [0.25, 0.3) is 5.82 Å². The third kappa shape index (κ3) is 1.47. The Morgan fingerprint density at radius 2 is 2.31 bits per heavy atom. The molecule has 0 radical (unpaired) electrons. The molecule has 0 spiro atoms. The normalized spacial score (nSPS) is 21.8. The third-order valence-corrected chi connectivity index (χ3v) is 2.14. The number of aliphatic imine (C=N–C) groups is 1. The van der Waals surface area contributed by atoms with Gasteiger partial charge in [0, 0.05) is 25.5 Å². The van der Waals surface area contributed by atoms with Gasteiger partial charge in [0.15, 0.2) is 5.82 Å². The fourth-order valence-corrected chi connectivity index (χ4v) is 1.17. The Bertz CT molecular complexity index is 337. The second-order valence-corrected chi connectivity index (χ2v) is 3.13. The summed E-state index contributed by atoms with van der Waals surface area (Å²) in [5.74, 6) is 0.885. The molecule has 0 fully saturated rings. The van der Waals surface area contributed by atoms with Crippen molar-refractivity contribution in [3.63, 3.8) is 0 Å². The van der Waals surface area contributed by atoms with Crippen molar-refractivity contribution in [2.45, 2.75) is 13.0 Å². The second kappa shape index (κ2) is 3.05. The van der Waals surface area contributed by atoms with Crippen LogP contribution in [0.15, 0.2) is 29.5 Å². The van der Waals surface area contributed by atoms with Gasteiger partial charge < -0.3 is 4.90 Å². The lowest BCUT2D eigenvalue weighted by Gasteiger charge is -2.23. The van der Waals surface area contributed by atoms with Gasteiger partial charge in [0.1, 0.15) is 0 Å². The average Bonchev–Trinajstić information content (AvgIpc) is 2.62. The monoisotopic (exact) mass is 176 g/mol. The van der Waals surface area contributed by atoms with E-state index in [1.165, 1.54) is 0 Å². The van der Waals surface area contributed by atoms with E-state index >= 15 is 0 Å². The first-order valence-electron chi connectivity index (χ1n) is 4.25. The number of aromatic nitrogens is 2. The molecule has 4 nitrogen and oxygen atoms in total. The van der Waals surface area contributed by atoms with E-state index in [0.717, 1.165) is 5.82 Å². The fraction of sp³-hybridized carbons (Fsp3) is 0.333. The van der Waals surface area contributed by atoms with Crippen LogP contribution in [0.2, 0.25) is 0 Å². The van der Waals surface area contributed by atoms with Crippen molar-refractivity contribution in [1.29, 1.82) is 0 Å². The van der Waals surface area contributed by atoms with E-state index in [1.54, 1.807) is 10.9 Å². The number of rotatable bonds is 1. The first kappa shape index (κ1) is 8.04. The Morgan fingerprint density at radius 1 is 1.46 bits per heavy atom. The Kier molecular flexibility index (Phi) is 1.88. The van der Waals surface area contributed by atoms with Crippen molar-refractivity contribution in [1.82, 2.24) is 14.7 Å². The first-order chi connectivity index (χ1) is 6.27. The summed E-state index contributed by atoms with van der Waals surface area (Å²) in [6, 6.07) is 2.26. The first-order valence-corrected chi connectivity index (χ1v) is 4.25. The maximum Gasteiger partial charge on any atom is 0.153 e. The van der Waals surface area contributed by atoms with Crippen LogP contribution in [0.1, 0.15) is 6.92 Å². The van der Waals surface area contributed by atoms with Crippen LogP contribution < -0.4 is 0 Å². The predicted octanol–water partition coefficient (Wildman–Crippen LogP) is 1.04. The Hall–Kier alpha value is -1.58. The quantitative estimate of drug-likeness (QED) is 0.640. The lowest BCUT2D eigenvalue weighted by atomic mass is 10.3. The topological polar surface area (TPSA) is 33.4 Å². The average molecular weight is 176 g/mol. The molecule has 0 bridgehead atoms. The van der Waals surface area contributed by atoms with Crippen molar-refractivity contribution < 1.29 is 0 Å². The molecule has 2 heterocycles. The van der Waals surface area contributed by atoms with E-state index in [1.807, 2.05) is 30.5 Å². The van der Waals surface area contributed by atoms with E-state index in [9.17, 15) is 0 Å². The van der Waals surface area contributed by atoms with Crippen molar-refractivity contribution in [3.05, 3.63) is 24.5 Å². The second-order valence-electron chi connectivity index (χ2n) is 3.13. The lowest BCUT2D eigenvalue weighted by Crippen LogP contribution is -2.29. The minimum atomic E-state index is 0.372. The molecule has 1 unspecified atom stereocenters. The molecular weight excluding hydrogens is 164 g/mol. The molecule has 4 heteroatoms. The van der Waals surface area contributed by atoms with E-state index in [0.29, 0.717) is 6.04 Å². The summed E-state index contributed by atoms with van der Waals surface area (Å²) in [5, 5.41) is 4.12. The van der Waals surface area contributed by atoms with Crippen LogP contribution in [-0.2, 0) is 0 Å². The predicted molar refractivity (Wildman–Crippen MR) is 52.2 cm³/mol. The molecule has 0 N–H and O–H groups in total. The largest absolute Gasteiger partial charge is 0.359 e. The molecule has 1 aliphatic rings. The smallest absolute Gasteiger partial charge is 0.153 e. The van der Waals surface area contributed by atoms with Gasteiger partial charge in [0.2, 0.25) is 0 Å². The third-order valence-electron chi connectivity index (χ3n) is 2.14. The van der Waals surface area contributed by atoms with Gasteiger partial charge >= 0.3 is 0 Å². The maximum atomic E-state index is 4.27. The van der Waals surface area contributed by atoms with Gasteiger partial charge in [0.05, 0.1) is 6.34 Å². The fourth-order valence-electron chi connectivity index (χ4n) is 1.17. The van der Waals surface area contributed by atoms with Crippen molar-refractivity contribution in [2.75, 3.05) is 7.05 Å². The molecule has 2 rings (SSSR count). The van der Waals surface area contributed by atoms with Crippen LogP contribution >= 0.6 is 0 Å². The summed E-state index contributed by atoms with van der Waals surface area (Å²) in [5.41, 5.74) is 0. The molecule has 0 saturated heterocycles. The van der Waals surface area contributed by atoms with E-state index < -0.39 is 0 Å². The zero-order valence-corrected chi connectivity index (χ0v) is 7.75. The minimum absolute atomic E-state index is 0.372. The SMILES string of the molecule is CC1C=C(n2cccn2)N=CN1C. The standard InChI is InChI=1S/C9H12N4/c1-8-6-9(10-7-12(8)2)13-5-3-4-11-13/h3-8H,1-2H3. The minimum Gasteiger partial charge on any atom is -0.359 e. The van der Waals surface area contributed by atoms with Crippen LogP contribution in [0, 0.1) is 0 Å². The number of likely N-dealkylation sites (N-methyl/N-ethyl adjacent to an activating group) is 1. The summed E-state index contributed by atoms with van der Waals surface area (Å²) >= 11 is 0. The van der Waals surface area contributed by atoms with Crippen LogP contribution in [0.4, 0.5) is 0 Å². The Morgan fingerprint density at radius 3 is 2.92 bits per heavy atom. The highest BCUT2D eigenvalue weighted by molar-refractivity contribution is 5.67. The molecule has 0 amide bonds. The Labute approximate surface area is 77.2 Å². The highest BCUT2D eigenvalue weighted by Gasteiger charge is 2.10. The number of hydrogen-bond donors (Lipinski definition) is 0. The highest BCUT2D eigenvalue weighted by Crippen LogP contribution is 2.12. The van der Waals surface area contributed by atoms with Crippen molar-refractivity contribution in [2.24, 2.45) is 4.99 Å². The zero-order valence-electron chi connectivity index (χ0n) is 7.75. The molecule has 0 saturated carbocycles. The highest BCUT2D eigenvalue weighted by atomic mass is 15.3. The number of hydrogen-bond acceptors (Lipinski definition) is 3. The molecule has 0 aromatic carbocycles. The molecular formula is C9H12N4. The van der Waals surface area contributed by atoms with E-state index in [4.69, 9.17) is 0 Å². The molecule has 13 heavy (non-hydrogen) atoms. The zero-order chi connectivity index (χ0) is 9.26. The summed E-state index contributed by atoms with van der Waals surface area (Å²) < 4.78 is 1.76. The summed E-state index contributed by atoms with van der Waals surface area (Å²) in [6.45, 7) is 2.12. The molecule has 1 aliphatic heterocycles. The van der Waals surface area contributed by atoms with Gasteiger partial charge in [0.25, 0.3) is 0 Å². The lowest BCUT2D eigenvalue weighted by molar-refractivity contribution is 0.458. The molecule has 1 aromatic heterocycles. The number of nitrogens with zero attached hydrogens (tertiary/aromatic N) is 4. The van der Waals surface area contributed by atoms with E-state index in [2.05, 4.69) is 23.1 Å². The van der Waals surface area contributed by atoms with Gasteiger partial charge in [-0.2, -0.15) is 5.10 Å². The molecule has 1 atom stereocenters. The molecule has 68 valence electrons. The molecule has 0 aliphatic carbocycles. The Balaban J connectivity index is 2.28. The van der Waals surface area contributed by atoms with Gasteiger partial charge in [-0.3, -0.25) is 0 Å². The van der Waals surface area contributed by atoms with Crippen LogP contribution in [-0.4, -0.2) is 34.1 Å². The van der Waals surface area contributed by atoms with Crippen molar-refractivity contribution in [3.8, 4) is 0 Å². The van der Waals surface area contributed by atoms with E-state index in [-0.39, 0.29) is 0 Å². The van der Waals surface area contributed by atoms with Crippen molar-refractivity contribution >= 4 is 12.2 Å². The summed E-state index contributed by atoms with van der Waals surface area (Å²) in [6.07, 6.45) is 7.54. The van der Waals surface area contributed by atoms with Crippen LogP contribution in [0.5, 0.6) is 0 Å². The van der Waals surface area contributed by atoms with Gasteiger partial charge in [-0.15, -0.1) is 0 Å². The van der Waals surface area contributed by atoms with Gasteiger partial charge in [-0.25, -0.2) is 9.67 Å².